The molecule has 26 heavy (non-hydrogen) atoms. The minimum absolute atomic E-state index is 0.0257. The molecule has 0 aromatic heterocycles. The number of aliphatic hydroxyl groups excluding tert-OH is 1. The lowest BCUT2D eigenvalue weighted by Gasteiger charge is -2.42. The molecule has 0 saturated carbocycles. The van der Waals surface area contributed by atoms with Crippen molar-refractivity contribution in [3.63, 3.8) is 0 Å². The first-order valence-electron chi connectivity index (χ1n) is 8.33. The van der Waals surface area contributed by atoms with Crippen LogP contribution in [0.5, 0.6) is 0 Å². The van der Waals surface area contributed by atoms with E-state index < -0.39 is 10.6 Å². The first kappa shape index (κ1) is 19.8. The van der Waals surface area contributed by atoms with Gasteiger partial charge in [-0.25, -0.2) is 9.18 Å². The highest BCUT2D eigenvalue weighted by Crippen LogP contribution is 2.13. The monoisotopic (exact) mass is 359 g/mol. The van der Waals surface area contributed by atoms with Gasteiger partial charge in [-0.2, -0.15) is 0 Å². The molecular formula is C20H22FNO4. The zero-order valence-electron chi connectivity index (χ0n) is 14.4. The predicted molar refractivity (Wildman–Crippen MR) is 97.0 cm³/mol. The summed E-state index contributed by atoms with van der Waals surface area (Å²) >= 11 is 0. The van der Waals surface area contributed by atoms with Gasteiger partial charge in [0, 0.05) is 11.6 Å². The van der Waals surface area contributed by atoms with Gasteiger partial charge in [-0.1, -0.05) is 42.5 Å². The second-order valence-corrected chi connectivity index (χ2v) is 5.93. The number of halogens is 1. The van der Waals surface area contributed by atoms with Crippen molar-refractivity contribution in [2.24, 2.45) is 0 Å². The summed E-state index contributed by atoms with van der Waals surface area (Å²) in [5.74, 6) is -0.929. The molecule has 6 heteroatoms. The molecule has 2 aromatic rings. The highest BCUT2D eigenvalue weighted by atomic mass is 19.1. The van der Waals surface area contributed by atoms with E-state index in [1.807, 2.05) is 30.3 Å². The van der Waals surface area contributed by atoms with Crippen LogP contribution in [-0.4, -0.2) is 42.0 Å². The van der Waals surface area contributed by atoms with Gasteiger partial charge in [0.2, 0.25) is 0 Å². The van der Waals surface area contributed by atoms with Gasteiger partial charge >= 0.3 is 5.97 Å². The maximum atomic E-state index is 12.8. The van der Waals surface area contributed by atoms with Gasteiger partial charge in [0.25, 0.3) is 0 Å². The first-order chi connectivity index (χ1) is 12.5. The Bertz CT molecular complexity index is 718. The topological polar surface area (TPSA) is 69.6 Å². The average molecular weight is 359 g/mol. The van der Waals surface area contributed by atoms with E-state index in [0.717, 1.165) is 5.56 Å². The number of aliphatic hydroxyl groups is 1. The highest BCUT2D eigenvalue weighted by molar-refractivity contribution is 5.87. The van der Waals surface area contributed by atoms with Gasteiger partial charge in [0.15, 0.2) is 0 Å². The second-order valence-electron chi connectivity index (χ2n) is 5.93. The SMILES string of the molecule is O=C(/C=C/c1ccc(F)cc1)OCC[N@@+]([O-])(CCO)Cc1ccccc1. The van der Waals surface area contributed by atoms with Crippen molar-refractivity contribution in [3.05, 3.63) is 82.8 Å². The number of hydrogen-bond acceptors (Lipinski definition) is 4. The van der Waals surface area contributed by atoms with Crippen LogP contribution in [0.4, 0.5) is 4.39 Å². The van der Waals surface area contributed by atoms with Crippen molar-refractivity contribution in [3.8, 4) is 0 Å². The van der Waals surface area contributed by atoms with Crippen LogP contribution in [0.25, 0.3) is 6.08 Å². The summed E-state index contributed by atoms with van der Waals surface area (Å²) < 4.78 is 17.2. The Morgan fingerprint density at radius 1 is 1.12 bits per heavy atom. The summed E-state index contributed by atoms with van der Waals surface area (Å²) in [6, 6.07) is 14.9. The molecule has 0 aliphatic rings. The molecule has 2 aromatic carbocycles. The number of carbonyl (C=O) groups excluding carboxylic acids is 1. The Hall–Kier alpha value is -2.54. The van der Waals surface area contributed by atoms with E-state index in [1.165, 1.54) is 24.3 Å². The number of rotatable bonds is 9. The molecule has 0 spiro atoms. The zero-order chi connectivity index (χ0) is 18.8. The third kappa shape index (κ3) is 6.76. The van der Waals surface area contributed by atoms with Gasteiger partial charge in [0.1, 0.15) is 32.1 Å². The number of esters is 1. The van der Waals surface area contributed by atoms with Gasteiger partial charge in [-0.15, -0.1) is 0 Å². The van der Waals surface area contributed by atoms with Crippen molar-refractivity contribution in [2.45, 2.75) is 6.54 Å². The lowest BCUT2D eigenvalue weighted by atomic mass is 10.2. The van der Waals surface area contributed by atoms with Gasteiger partial charge in [0.05, 0.1) is 6.61 Å². The molecule has 5 nitrogen and oxygen atoms in total. The van der Waals surface area contributed by atoms with Crippen LogP contribution >= 0.6 is 0 Å². The van der Waals surface area contributed by atoms with E-state index in [0.29, 0.717) is 5.56 Å². The maximum Gasteiger partial charge on any atom is 0.330 e. The minimum atomic E-state index is -0.671. The van der Waals surface area contributed by atoms with Gasteiger partial charge in [-0.05, 0) is 23.8 Å². The molecule has 0 unspecified atom stereocenters. The van der Waals surface area contributed by atoms with Gasteiger partial charge in [-0.3, -0.25) is 0 Å². The van der Waals surface area contributed by atoms with E-state index in [2.05, 4.69) is 0 Å². The Balaban J connectivity index is 1.84. The summed E-state index contributed by atoms with van der Waals surface area (Å²) in [6.07, 6.45) is 2.74. The fourth-order valence-electron chi connectivity index (χ4n) is 2.47. The predicted octanol–water partition coefficient (Wildman–Crippen LogP) is 2.89. The number of nitrogens with zero attached hydrogens (tertiary/aromatic N) is 1. The number of hydroxylamine groups is 3. The maximum absolute atomic E-state index is 12.8. The normalized spacial score (nSPS) is 13.5. The third-order valence-electron chi connectivity index (χ3n) is 3.85. The molecule has 0 amide bonds. The molecule has 0 saturated heterocycles. The molecule has 138 valence electrons. The van der Waals surface area contributed by atoms with E-state index in [1.54, 1.807) is 12.1 Å². The first-order valence-corrected chi connectivity index (χ1v) is 8.33. The number of quaternary nitrogens is 1. The van der Waals surface area contributed by atoms with Gasteiger partial charge < -0.3 is 19.7 Å². The van der Waals surface area contributed by atoms with Crippen LogP contribution in [0, 0.1) is 11.0 Å². The van der Waals surface area contributed by atoms with Crippen molar-refractivity contribution < 1.29 is 23.7 Å². The molecule has 1 atom stereocenters. The van der Waals surface area contributed by atoms with Crippen molar-refractivity contribution in [1.29, 1.82) is 0 Å². The average Bonchev–Trinajstić information content (AvgIpc) is 2.62. The second kappa shape index (κ2) is 9.82. The molecular weight excluding hydrogens is 337 g/mol. The van der Waals surface area contributed by atoms with E-state index in [9.17, 15) is 14.4 Å². The Morgan fingerprint density at radius 3 is 2.46 bits per heavy atom. The Labute approximate surface area is 152 Å². The van der Waals surface area contributed by atoms with Crippen molar-refractivity contribution in [1.82, 2.24) is 0 Å². The lowest BCUT2D eigenvalue weighted by molar-refractivity contribution is -0.894. The summed E-state index contributed by atoms with van der Waals surface area (Å²) in [7, 11) is 0. The fraction of sp³-hybridized carbons (Fsp3) is 0.250. The van der Waals surface area contributed by atoms with E-state index >= 15 is 0 Å². The molecule has 0 fully saturated rings. The smallest absolute Gasteiger partial charge is 0.330 e. The van der Waals surface area contributed by atoms with Crippen LogP contribution < -0.4 is 0 Å². The summed E-state index contributed by atoms with van der Waals surface area (Å²) in [5.41, 5.74) is 1.53. The summed E-state index contributed by atoms with van der Waals surface area (Å²) in [6.45, 7) is -0.0223. The zero-order valence-corrected chi connectivity index (χ0v) is 14.4. The third-order valence-corrected chi connectivity index (χ3v) is 3.85. The number of hydrogen-bond donors (Lipinski definition) is 1. The number of ether oxygens (including phenoxy) is 1. The van der Waals surface area contributed by atoms with Crippen molar-refractivity contribution >= 4 is 12.0 Å². The lowest BCUT2D eigenvalue weighted by Crippen LogP contribution is -2.46. The molecule has 0 heterocycles. The number of benzene rings is 2. The molecule has 0 radical (unpaired) electrons. The standard InChI is InChI=1S/C20H22FNO4/c21-19-9-6-17(7-10-19)8-11-20(24)26-15-13-22(25,12-14-23)16-18-4-2-1-3-5-18/h1-11,23H,12-16H2/b11-8+/t22-/m0/s1. The summed E-state index contributed by atoms with van der Waals surface area (Å²) in [5, 5.41) is 22.0. The fourth-order valence-corrected chi connectivity index (χ4v) is 2.47. The largest absolute Gasteiger partial charge is 0.632 e. The molecule has 0 bridgehead atoms. The molecule has 1 N–H and O–H groups in total. The highest BCUT2D eigenvalue weighted by Gasteiger charge is 2.17. The van der Waals surface area contributed by atoms with Crippen molar-refractivity contribution in [2.75, 3.05) is 26.3 Å². The quantitative estimate of drug-likeness (QED) is 0.323. The Morgan fingerprint density at radius 2 is 1.81 bits per heavy atom. The summed E-state index contributed by atoms with van der Waals surface area (Å²) in [4.78, 5) is 11.7. The van der Waals surface area contributed by atoms with Crippen LogP contribution in [-0.2, 0) is 16.1 Å². The minimum Gasteiger partial charge on any atom is -0.632 e. The van der Waals surface area contributed by atoms with E-state index in [4.69, 9.17) is 9.84 Å². The van der Waals surface area contributed by atoms with Crippen LogP contribution in [0.1, 0.15) is 11.1 Å². The van der Waals surface area contributed by atoms with Crippen LogP contribution in [0.15, 0.2) is 60.7 Å². The van der Waals surface area contributed by atoms with Crippen LogP contribution in [0.3, 0.4) is 0 Å². The van der Waals surface area contributed by atoms with Crippen LogP contribution in [0.2, 0.25) is 0 Å². The number of carbonyl (C=O) groups is 1. The molecule has 0 aliphatic carbocycles. The van der Waals surface area contributed by atoms with E-state index in [-0.39, 0.29) is 38.7 Å². The molecule has 2 rings (SSSR count). The molecule has 0 aliphatic heterocycles. The Kier molecular flexibility index (Phi) is 7.47.